The molecule has 2 unspecified atom stereocenters. The first kappa shape index (κ1) is 12.0. The third-order valence-electron chi connectivity index (χ3n) is 3.78. The molecule has 0 saturated carbocycles. The van der Waals surface area contributed by atoms with Crippen molar-refractivity contribution < 1.29 is 0 Å². The largest absolute Gasteiger partial charge is 0.339 e. The highest BCUT2D eigenvalue weighted by molar-refractivity contribution is 7.71. The second-order valence-electron chi connectivity index (χ2n) is 5.58. The smallest absolute Gasteiger partial charge is 0.224 e. The van der Waals surface area contributed by atoms with Crippen LogP contribution in [0.2, 0.25) is 0 Å². The fraction of sp³-hybridized carbons (Fsp3) is 0.750. The van der Waals surface area contributed by atoms with E-state index in [0.717, 1.165) is 30.8 Å². The molecule has 2 saturated heterocycles. The average Bonchev–Trinajstić information content (AvgIpc) is 2.25. The molecule has 2 N–H and O–H groups in total. The topological polar surface area (TPSA) is 56.8 Å². The van der Waals surface area contributed by atoms with Crippen LogP contribution >= 0.6 is 12.2 Å². The van der Waals surface area contributed by atoms with Crippen LogP contribution in [-0.2, 0) is 0 Å². The Labute approximate surface area is 112 Å². The van der Waals surface area contributed by atoms with Gasteiger partial charge in [-0.25, -0.2) is 4.98 Å². The number of aromatic amines is 1. The molecule has 6 heteroatoms. The van der Waals surface area contributed by atoms with E-state index in [1.54, 1.807) is 0 Å². The summed E-state index contributed by atoms with van der Waals surface area (Å²) in [5.41, 5.74) is 0. The first-order chi connectivity index (χ1) is 8.60. The predicted molar refractivity (Wildman–Crippen MR) is 73.3 cm³/mol. The number of piperazine rings is 1. The lowest BCUT2D eigenvalue weighted by Gasteiger charge is -2.44. The van der Waals surface area contributed by atoms with E-state index in [-0.39, 0.29) is 0 Å². The van der Waals surface area contributed by atoms with Crippen molar-refractivity contribution in [3.63, 3.8) is 0 Å². The zero-order chi connectivity index (χ0) is 12.7. The second kappa shape index (κ2) is 4.59. The van der Waals surface area contributed by atoms with Crippen molar-refractivity contribution in [3.8, 4) is 0 Å². The van der Waals surface area contributed by atoms with Crippen LogP contribution < -0.4 is 10.2 Å². The van der Waals surface area contributed by atoms with Gasteiger partial charge in [-0.3, -0.25) is 0 Å². The van der Waals surface area contributed by atoms with Gasteiger partial charge in [0.15, 0.2) is 0 Å². The molecule has 2 aliphatic rings. The minimum atomic E-state index is 0.429. The van der Waals surface area contributed by atoms with Crippen LogP contribution in [0.15, 0.2) is 0 Å². The lowest BCUT2D eigenvalue weighted by atomic mass is 9.86. The molecule has 2 atom stereocenters. The lowest BCUT2D eigenvalue weighted by Crippen LogP contribution is -2.60. The molecule has 0 aliphatic carbocycles. The van der Waals surface area contributed by atoms with Gasteiger partial charge in [-0.15, -0.1) is 0 Å². The Bertz CT molecular complexity index is 481. The number of aromatic nitrogens is 3. The van der Waals surface area contributed by atoms with Gasteiger partial charge in [0.05, 0.1) is 0 Å². The van der Waals surface area contributed by atoms with Crippen molar-refractivity contribution in [2.45, 2.75) is 38.8 Å². The maximum atomic E-state index is 5.09. The second-order valence-corrected chi connectivity index (χ2v) is 5.95. The van der Waals surface area contributed by atoms with Crippen molar-refractivity contribution in [2.24, 2.45) is 5.92 Å². The van der Waals surface area contributed by atoms with Gasteiger partial charge in [0.1, 0.15) is 5.82 Å². The number of H-pyrrole nitrogens is 1. The lowest BCUT2D eigenvalue weighted by molar-refractivity contribution is 0.226. The normalized spacial score (nSPS) is 31.4. The van der Waals surface area contributed by atoms with Gasteiger partial charge in [0.25, 0.3) is 0 Å². The Morgan fingerprint density at radius 3 is 2.50 bits per heavy atom. The first-order valence-electron chi connectivity index (χ1n) is 6.56. The quantitative estimate of drug-likeness (QED) is 0.752. The van der Waals surface area contributed by atoms with E-state index in [0.29, 0.717) is 16.9 Å². The van der Waals surface area contributed by atoms with Gasteiger partial charge < -0.3 is 15.2 Å². The number of anilines is 1. The summed E-state index contributed by atoms with van der Waals surface area (Å²) in [5, 5.41) is 3.69. The Kier molecular flexibility index (Phi) is 3.07. The van der Waals surface area contributed by atoms with E-state index in [4.69, 9.17) is 12.2 Å². The van der Waals surface area contributed by atoms with Crippen LogP contribution in [0.1, 0.15) is 25.6 Å². The van der Waals surface area contributed by atoms with Crippen molar-refractivity contribution >= 4 is 18.2 Å². The molecule has 3 heterocycles. The molecule has 18 heavy (non-hydrogen) atoms. The number of rotatable bonds is 1. The summed E-state index contributed by atoms with van der Waals surface area (Å²) in [7, 11) is 0. The van der Waals surface area contributed by atoms with E-state index in [9.17, 15) is 0 Å². The standard InChI is InChI=1S/C12H19N5S/c1-7-3-9-5-17(6-10(4-7)15-9)11-13-8(2)14-12(18)16-11/h7,9-10,15H,3-6H2,1-2H3,(H,13,14,16,18). The first-order valence-corrected chi connectivity index (χ1v) is 6.97. The van der Waals surface area contributed by atoms with Crippen LogP contribution in [0, 0.1) is 17.6 Å². The number of nitrogens with one attached hydrogen (secondary N) is 2. The van der Waals surface area contributed by atoms with Gasteiger partial charge >= 0.3 is 0 Å². The Morgan fingerprint density at radius 1 is 1.22 bits per heavy atom. The summed E-state index contributed by atoms with van der Waals surface area (Å²) >= 11 is 5.09. The number of hydrogen-bond acceptors (Lipinski definition) is 5. The molecule has 2 bridgehead atoms. The number of piperidine rings is 1. The molecule has 0 radical (unpaired) electrons. The molecule has 0 spiro atoms. The van der Waals surface area contributed by atoms with Crippen LogP contribution in [0.4, 0.5) is 5.95 Å². The van der Waals surface area contributed by atoms with Crippen molar-refractivity contribution in [3.05, 3.63) is 10.6 Å². The van der Waals surface area contributed by atoms with E-state index in [2.05, 4.69) is 32.1 Å². The van der Waals surface area contributed by atoms with E-state index in [1.165, 1.54) is 12.8 Å². The number of fused-ring (bicyclic) bond motifs is 2. The average molecular weight is 265 g/mol. The summed E-state index contributed by atoms with van der Waals surface area (Å²) in [5.74, 6) is 2.54. The fourth-order valence-corrected chi connectivity index (χ4v) is 3.42. The minimum absolute atomic E-state index is 0.429. The van der Waals surface area contributed by atoms with E-state index >= 15 is 0 Å². The number of hydrogen-bond donors (Lipinski definition) is 2. The third-order valence-corrected chi connectivity index (χ3v) is 3.97. The highest BCUT2D eigenvalue weighted by atomic mass is 32.1. The highest BCUT2D eigenvalue weighted by Crippen LogP contribution is 2.26. The Hall–Kier alpha value is -1.01. The summed E-state index contributed by atoms with van der Waals surface area (Å²) in [6.07, 6.45) is 2.50. The van der Waals surface area contributed by atoms with Gasteiger partial charge in [-0.05, 0) is 37.9 Å². The van der Waals surface area contributed by atoms with Crippen LogP contribution in [0.3, 0.4) is 0 Å². The molecular weight excluding hydrogens is 246 g/mol. The zero-order valence-corrected chi connectivity index (χ0v) is 11.6. The fourth-order valence-electron chi connectivity index (χ4n) is 3.20. The monoisotopic (exact) mass is 265 g/mol. The predicted octanol–water partition coefficient (Wildman–Crippen LogP) is 1.42. The molecule has 3 rings (SSSR count). The van der Waals surface area contributed by atoms with E-state index < -0.39 is 0 Å². The van der Waals surface area contributed by atoms with Crippen molar-refractivity contribution in [1.82, 2.24) is 20.3 Å². The van der Waals surface area contributed by atoms with Crippen LogP contribution in [0.25, 0.3) is 0 Å². The Balaban J connectivity index is 1.83. The molecule has 0 aromatic carbocycles. The minimum Gasteiger partial charge on any atom is -0.339 e. The number of aryl methyl sites for hydroxylation is 1. The molecule has 2 fully saturated rings. The van der Waals surface area contributed by atoms with E-state index in [1.807, 2.05) is 6.92 Å². The SMILES string of the molecule is Cc1nc(=S)nc(N2CC3CC(C)CC(C2)N3)[nH]1. The summed E-state index contributed by atoms with van der Waals surface area (Å²) in [6, 6.07) is 1.15. The third kappa shape index (κ3) is 2.40. The highest BCUT2D eigenvalue weighted by Gasteiger charge is 2.33. The molecule has 0 amide bonds. The Morgan fingerprint density at radius 2 is 1.89 bits per heavy atom. The molecule has 1 aromatic rings. The van der Waals surface area contributed by atoms with Crippen molar-refractivity contribution in [1.29, 1.82) is 0 Å². The van der Waals surface area contributed by atoms with Crippen molar-refractivity contribution in [2.75, 3.05) is 18.0 Å². The summed E-state index contributed by atoms with van der Waals surface area (Å²) < 4.78 is 0.429. The molecular formula is C12H19N5S. The number of nitrogens with zero attached hydrogens (tertiary/aromatic N) is 3. The van der Waals surface area contributed by atoms with Crippen LogP contribution in [-0.4, -0.2) is 40.1 Å². The molecule has 98 valence electrons. The van der Waals surface area contributed by atoms with Gasteiger partial charge in [0.2, 0.25) is 10.7 Å². The summed E-state index contributed by atoms with van der Waals surface area (Å²) in [4.78, 5) is 14.0. The van der Waals surface area contributed by atoms with Gasteiger partial charge in [-0.1, -0.05) is 6.92 Å². The molecule has 1 aromatic heterocycles. The summed E-state index contributed by atoms with van der Waals surface area (Å²) in [6.45, 7) is 6.27. The molecule has 5 nitrogen and oxygen atoms in total. The maximum Gasteiger partial charge on any atom is 0.224 e. The zero-order valence-electron chi connectivity index (χ0n) is 10.8. The maximum absolute atomic E-state index is 5.09. The van der Waals surface area contributed by atoms with Gasteiger partial charge in [0, 0.05) is 25.2 Å². The molecule has 2 aliphatic heterocycles. The van der Waals surface area contributed by atoms with Gasteiger partial charge in [-0.2, -0.15) is 4.98 Å². The van der Waals surface area contributed by atoms with Crippen LogP contribution in [0.5, 0.6) is 0 Å².